The number of hydrogen-bond acceptors (Lipinski definition) is 6. The maximum absolute atomic E-state index is 12.2. The van der Waals surface area contributed by atoms with E-state index in [9.17, 15) is 24.3 Å². The SMILES string of the molecule is CC1(C)S[C@@H]2[C@H](NC(=O)CCC[C@@H](N)C(=O)O)C(=O)N2[C@H]1C(=O)O. The van der Waals surface area contributed by atoms with Crippen LogP contribution in [0.25, 0.3) is 0 Å². The second kappa shape index (κ2) is 6.60. The molecule has 2 fully saturated rings. The minimum atomic E-state index is -1.12. The fourth-order valence-electron chi connectivity index (χ4n) is 3.00. The molecule has 0 aromatic carbocycles. The molecule has 9 nitrogen and oxygen atoms in total. The number of nitrogens with two attached hydrogens (primary N) is 1. The van der Waals surface area contributed by atoms with Crippen LogP contribution in [0.5, 0.6) is 0 Å². The van der Waals surface area contributed by atoms with E-state index in [1.54, 1.807) is 13.8 Å². The Hall–Kier alpha value is -1.81. The number of hydrogen-bond donors (Lipinski definition) is 4. The van der Waals surface area contributed by atoms with E-state index in [2.05, 4.69) is 5.32 Å². The van der Waals surface area contributed by atoms with E-state index in [4.69, 9.17) is 10.8 Å². The van der Waals surface area contributed by atoms with Gasteiger partial charge < -0.3 is 26.2 Å². The lowest BCUT2D eigenvalue weighted by molar-refractivity contribution is -0.161. The van der Waals surface area contributed by atoms with Gasteiger partial charge in [-0.3, -0.25) is 14.4 Å². The molecule has 0 unspecified atom stereocenters. The molecular formula is C14H21N3O6S. The van der Waals surface area contributed by atoms with Crippen molar-refractivity contribution in [2.75, 3.05) is 0 Å². The van der Waals surface area contributed by atoms with Crippen molar-refractivity contribution in [3.63, 3.8) is 0 Å². The first-order chi connectivity index (χ1) is 11.1. The van der Waals surface area contributed by atoms with Crippen molar-refractivity contribution in [2.45, 2.75) is 61.4 Å². The van der Waals surface area contributed by atoms with Gasteiger partial charge in [0.05, 0.1) is 0 Å². The number of rotatable bonds is 7. The number of β-lactam (4-membered cyclic amide) rings is 1. The zero-order valence-corrected chi connectivity index (χ0v) is 14.2. The number of carbonyl (C=O) groups is 4. The minimum Gasteiger partial charge on any atom is -0.480 e. The van der Waals surface area contributed by atoms with Crippen LogP contribution >= 0.6 is 11.8 Å². The average Bonchev–Trinajstić information content (AvgIpc) is 2.73. The number of thioether (sulfide) groups is 1. The first kappa shape index (κ1) is 18.5. The van der Waals surface area contributed by atoms with Crippen LogP contribution in [0.15, 0.2) is 0 Å². The lowest BCUT2D eigenvalue weighted by Gasteiger charge is -2.43. The highest BCUT2D eigenvalue weighted by molar-refractivity contribution is 8.01. The summed E-state index contributed by atoms with van der Waals surface area (Å²) in [7, 11) is 0. The number of nitrogens with one attached hydrogen (secondary N) is 1. The van der Waals surface area contributed by atoms with Crippen molar-refractivity contribution in [3.8, 4) is 0 Å². The molecule has 0 aromatic heterocycles. The molecule has 2 rings (SSSR count). The molecule has 5 N–H and O–H groups in total. The van der Waals surface area contributed by atoms with Crippen LogP contribution in [0, 0.1) is 0 Å². The Kier molecular flexibility index (Phi) is 5.09. The zero-order chi connectivity index (χ0) is 18.2. The van der Waals surface area contributed by atoms with Gasteiger partial charge in [-0.25, -0.2) is 4.79 Å². The Bertz CT molecular complexity index is 581. The molecule has 2 saturated heterocycles. The molecule has 0 saturated carbocycles. The summed E-state index contributed by atoms with van der Waals surface area (Å²) in [6.07, 6.45) is 0.526. The summed E-state index contributed by atoms with van der Waals surface area (Å²) in [5.41, 5.74) is 5.36. The molecule has 0 aromatic rings. The van der Waals surface area contributed by atoms with Crippen molar-refractivity contribution in [1.82, 2.24) is 10.2 Å². The third kappa shape index (κ3) is 3.34. The van der Waals surface area contributed by atoms with Gasteiger partial charge in [0, 0.05) is 11.2 Å². The van der Waals surface area contributed by atoms with Gasteiger partial charge in [0.25, 0.3) is 0 Å². The van der Waals surface area contributed by atoms with Crippen LogP contribution in [-0.2, 0) is 19.2 Å². The van der Waals surface area contributed by atoms with Crippen molar-refractivity contribution in [3.05, 3.63) is 0 Å². The summed E-state index contributed by atoms with van der Waals surface area (Å²) in [5.74, 6) is -2.95. The van der Waals surface area contributed by atoms with E-state index in [0.29, 0.717) is 6.42 Å². The number of carbonyl (C=O) groups excluding carboxylic acids is 2. The molecule has 2 aliphatic heterocycles. The topological polar surface area (TPSA) is 150 Å². The first-order valence-electron chi connectivity index (χ1n) is 7.57. The molecule has 2 aliphatic rings. The molecular weight excluding hydrogens is 338 g/mol. The third-order valence-corrected chi connectivity index (χ3v) is 5.80. The molecule has 134 valence electrons. The van der Waals surface area contributed by atoms with Crippen molar-refractivity contribution >= 4 is 35.5 Å². The van der Waals surface area contributed by atoms with E-state index < -0.39 is 40.7 Å². The van der Waals surface area contributed by atoms with E-state index >= 15 is 0 Å². The summed E-state index contributed by atoms with van der Waals surface area (Å²) in [6, 6.07) is -2.66. The summed E-state index contributed by atoms with van der Waals surface area (Å²) in [6.45, 7) is 3.52. The molecule has 4 atom stereocenters. The van der Waals surface area contributed by atoms with E-state index in [1.807, 2.05) is 0 Å². The lowest BCUT2D eigenvalue weighted by atomic mass is 9.96. The quantitative estimate of drug-likeness (QED) is 0.431. The normalized spacial score (nSPS) is 28.7. The molecule has 2 heterocycles. The summed E-state index contributed by atoms with van der Waals surface area (Å²) < 4.78 is -0.639. The zero-order valence-electron chi connectivity index (χ0n) is 13.4. The van der Waals surface area contributed by atoms with Crippen LogP contribution in [0.1, 0.15) is 33.1 Å². The van der Waals surface area contributed by atoms with Crippen molar-refractivity contribution in [2.24, 2.45) is 5.73 Å². The van der Waals surface area contributed by atoms with Crippen LogP contribution in [0.3, 0.4) is 0 Å². The fraction of sp³-hybridized carbons (Fsp3) is 0.714. The minimum absolute atomic E-state index is 0.0634. The molecule has 24 heavy (non-hydrogen) atoms. The summed E-state index contributed by atoms with van der Waals surface area (Å²) in [5, 5.41) is 20.2. The Labute approximate surface area is 142 Å². The number of amides is 2. The third-order valence-electron chi connectivity index (χ3n) is 4.23. The van der Waals surface area contributed by atoms with Crippen molar-refractivity contribution in [1.29, 1.82) is 0 Å². The Morgan fingerprint density at radius 3 is 2.54 bits per heavy atom. The second-order valence-corrected chi connectivity index (χ2v) is 8.25. The molecule has 0 spiro atoms. The average molecular weight is 359 g/mol. The highest BCUT2D eigenvalue weighted by Gasteiger charge is 2.64. The molecule has 0 bridgehead atoms. The number of carboxylic acid groups (broad SMARTS) is 2. The fourth-order valence-corrected chi connectivity index (χ4v) is 4.62. The van der Waals surface area contributed by atoms with Gasteiger partial charge in [0.2, 0.25) is 11.8 Å². The standard InChI is InChI=1S/C14H21N3O6S/c1-14(2)9(13(22)23)17-10(19)8(11(17)24-14)16-7(18)5-3-4-6(15)12(20)21/h6,8-9,11H,3-5,15H2,1-2H3,(H,16,18)(H,20,21)(H,22,23)/t6-,8-,9+,11-/m1/s1. The van der Waals surface area contributed by atoms with Gasteiger partial charge in [0.15, 0.2) is 0 Å². The summed E-state index contributed by atoms with van der Waals surface area (Å²) in [4.78, 5) is 47.4. The number of nitrogens with zero attached hydrogens (tertiary/aromatic N) is 1. The second-order valence-electron chi connectivity index (χ2n) is 6.48. The van der Waals surface area contributed by atoms with E-state index in [1.165, 1.54) is 16.7 Å². The van der Waals surface area contributed by atoms with Gasteiger partial charge in [-0.05, 0) is 26.7 Å². The number of aliphatic carboxylic acids is 2. The monoisotopic (exact) mass is 359 g/mol. The van der Waals surface area contributed by atoms with Gasteiger partial charge in [-0.2, -0.15) is 0 Å². The molecule has 0 radical (unpaired) electrons. The maximum atomic E-state index is 12.2. The van der Waals surface area contributed by atoms with Crippen molar-refractivity contribution < 1.29 is 29.4 Å². The summed E-state index contributed by atoms with van der Waals surface area (Å²) >= 11 is 1.35. The molecule has 2 amide bonds. The van der Waals surface area contributed by atoms with Crippen LogP contribution in [0.2, 0.25) is 0 Å². The van der Waals surface area contributed by atoms with Crippen LogP contribution in [-0.4, -0.2) is 67.1 Å². The Morgan fingerprint density at radius 1 is 1.38 bits per heavy atom. The molecule has 10 heteroatoms. The number of fused-ring (bicyclic) bond motifs is 1. The Morgan fingerprint density at radius 2 is 2.00 bits per heavy atom. The highest BCUT2D eigenvalue weighted by atomic mass is 32.2. The van der Waals surface area contributed by atoms with E-state index in [-0.39, 0.29) is 24.1 Å². The predicted molar refractivity (Wildman–Crippen MR) is 85.1 cm³/mol. The van der Waals surface area contributed by atoms with Gasteiger partial charge >= 0.3 is 11.9 Å². The maximum Gasteiger partial charge on any atom is 0.327 e. The predicted octanol–water partition coefficient (Wildman–Crippen LogP) is -0.800. The van der Waals surface area contributed by atoms with Crippen LogP contribution in [0.4, 0.5) is 0 Å². The smallest absolute Gasteiger partial charge is 0.327 e. The van der Waals surface area contributed by atoms with Gasteiger partial charge in [-0.15, -0.1) is 11.8 Å². The van der Waals surface area contributed by atoms with Gasteiger partial charge in [0.1, 0.15) is 23.5 Å². The lowest BCUT2D eigenvalue weighted by Crippen LogP contribution is -2.70. The highest BCUT2D eigenvalue weighted by Crippen LogP contribution is 2.50. The number of carboxylic acids is 2. The molecule has 0 aliphatic carbocycles. The Balaban J connectivity index is 1.87. The van der Waals surface area contributed by atoms with Gasteiger partial charge in [-0.1, -0.05) is 0 Å². The first-order valence-corrected chi connectivity index (χ1v) is 8.45. The van der Waals surface area contributed by atoms with E-state index in [0.717, 1.165) is 0 Å². The largest absolute Gasteiger partial charge is 0.480 e. The van der Waals surface area contributed by atoms with Crippen LogP contribution < -0.4 is 11.1 Å².